The molecule has 0 aliphatic heterocycles. The summed E-state index contributed by atoms with van der Waals surface area (Å²) in [7, 11) is 0. The van der Waals surface area contributed by atoms with Gasteiger partial charge in [0.1, 0.15) is 6.04 Å². The molecule has 3 N–H and O–H groups in total. The van der Waals surface area contributed by atoms with Gasteiger partial charge < -0.3 is 20.5 Å². The van der Waals surface area contributed by atoms with E-state index in [1.165, 1.54) is 0 Å². The number of carbonyl (C=O) groups excluding carboxylic acids is 2. The number of alkyl carbamates (subject to hydrolysis) is 1. The minimum Gasteiger partial charge on any atom is -0.464 e. The molecule has 5 atom stereocenters. The van der Waals surface area contributed by atoms with Crippen LogP contribution < -0.4 is 11.1 Å². The summed E-state index contributed by atoms with van der Waals surface area (Å²) < 4.78 is 11.3. The minimum absolute atomic E-state index is 0.0526. The van der Waals surface area contributed by atoms with Crippen molar-refractivity contribution in [1.29, 1.82) is 0 Å². The Morgan fingerprint density at radius 3 is 1.94 bits per heavy atom. The number of nitrogens with one attached hydrogen (secondary N) is 1. The lowest BCUT2D eigenvalue weighted by atomic mass is 9.60. The standard InChI is InChI=1S/C28H54N2O4/c1-8-12-14-21(10-3)18-33-25(31)24(29)28(7)17-23(16-27(5,6)20-28)30-26(32)34-19-22(11-4)15-13-9-2/h21-24H,8-20,29H2,1-7H3,(H,30,32). The fourth-order valence-corrected chi connectivity index (χ4v) is 5.65. The molecule has 1 saturated carbocycles. The number of nitrogens with two attached hydrogens (primary N) is 1. The molecule has 1 aliphatic carbocycles. The number of carbonyl (C=O) groups is 2. The van der Waals surface area contributed by atoms with Gasteiger partial charge in [-0.25, -0.2) is 4.79 Å². The van der Waals surface area contributed by atoms with Gasteiger partial charge >= 0.3 is 12.1 Å². The Morgan fingerprint density at radius 2 is 1.44 bits per heavy atom. The number of unbranched alkanes of at least 4 members (excludes halogenated alkanes) is 2. The predicted molar refractivity (Wildman–Crippen MR) is 140 cm³/mol. The van der Waals surface area contributed by atoms with Crippen LogP contribution in [0.4, 0.5) is 4.79 Å². The summed E-state index contributed by atoms with van der Waals surface area (Å²) in [4.78, 5) is 25.5. The third kappa shape index (κ3) is 10.5. The van der Waals surface area contributed by atoms with Crippen molar-refractivity contribution >= 4 is 12.1 Å². The van der Waals surface area contributed by atoms with Crippen LogP contribution in [0.25, 0.3) is 0 Å². The van der Waals surface area contributed by atoms with E-state index in [9.17, 15) is 9.59 Å². The van der Waals surface area contributed by atoms with Gasteiger partial charge in [-0.3, -0.25) is 4.79 Å². The van der Waals surface area contributed by atoms with Gasteiger partial charge in [0, 0.05) is 6.04 Å². The van der Waals surface area contributed by atoms with E-state index in [0.29, 0.717) is 31.5 Å². The van der Waals surface area contributed by atoms with Crippen molar-refractivity contribution in [2.24, 2.45) is 28.4 Å². The summed E-state index contributed by atoms with van der Waals surface area (Å²) in [6, 6.07) is -0.793. The molecule has 0 saturated heterocycles. The largest absolute Gasteiger partial charge is 0.464 e. The molecule has 6 heteroatoms. The number of hydrogen-bond acceptors (Lipinski definition) is 5. The van der Waals surface area contributed by atoms with Crippen molar-refractivity contribution in [2.45, 2.75) is 131 Å². The maximum absolute atomic E-state index is 12.9. The van der Waals surface area contributed by atoms with Gasteiger partial charge in [-0.2, -0.15) is 0 Å². The topological polar surface area (TPSA) is 90.6 Å². The van der Waals surface area contributed by atoms with Crippen LogP contribution in [0.3, 0.4) is 0 Å². The van der Waals surface area contributed by atoms with Crippen LogP contribution in [-0.2, 0) is 14.3 Å². The Balaban J connectivity index is 2.70. The molecule has 0 bridgehead atoms. The zero-order valence-corrected chi connectivity index (χ0v) is 23.2. The van der Waals surface area contributed by atoms with Crippen LogP contribution in [-0.4, -0.2) is 37.4 Å². The van der Waals surface area contributed by atoms with Crippen LogP contribution in [0.1, 0.15) is 119 Å². The van der Waals surface area contributed by atoms with Gasteiger partial charge in [-0.1, -0.05) is 87.0 Å². The lowest BCUT2D eigenvalue weighted by molar-refractivity contribution is -0.151. The second-order valence-electron chi connectivity index (χ2n) is 11.8. The number of hydrogen-bond donors (Lipinski definition) is 2. The molecule has 0 aromatic rings. The first kappa shape index (κ1) is 30.7. The Labute approximate surface area is 209 Å². The zero-order chi connectivity index (χ0) is 25.8. The van der Waals surface area contributed by atoms with E-state index in [-0.39, 0.29) is 23.5 Å². The molecular formula is C28H54N2O4. The van der Waals surface area contributed by atoms with Gasteiger partial charge in [0.15, 0.2) is 0 Å². The molecule has 0 heterocycles. The molecule has 5 unspecified atom stereocenters. The quantitative estimate of drug-likeness (QED) is 0.257. The highest BCUT2D eigenvalue weighted by Crippen LogP contribution is 2.47. The lowest BCUT2D eigenvalue weighted by Crippen LogP contribution is -2.56. The first-order chi connectivity index (χ1) is 16.0. The maximum atomic E-state index is 12.9. The fourth-order valence-electron chi connectivity index (χ4n) is 5.65. The molecular weight excluding hydrogens is 428 g/mol. The van der Waals surface area contributed by atoms with Crippen LogP contribution >= 0.6 is 0 Å². The van der Waals surface area contributed by atoms with Crippen LogP contribution in [0.2, 0.25) is 0 Å². The summed E-state index contributed by atoms with van der Waals surface area (Å²) in [6.07, 6.45) is 10.7. The normalized spacial score (nSPS) is 24.6. The number of ether oxygens (including phenoxy) is 2. The average molecular weight is 483 g/mol. The Hall–Kier alpha value is -1.30. The van der Waals surface area contributed by atoms with Gasteiger partial charge in [-0.15, -0.1) is 0 Å². The molecule has 0 aromatic carbocycles. The molecule has 1 amide bonds. The summed E-state index contributed by atoms with van der Waals surface area (Å²) in [5.74, 6) is 0.476. The van der Waals surface area contributed by atoms with E-state index in [1.54, 1.807) is 0 Å². The summed E-state index contributed by atoms with van der Waals surface area (Å²) in [6.45, 7) is 15.9. The fraction of sp³-hybridized carbons (Fsp3) is 0.929. The van der Waals surface area contributed by atoms with E-state index in [4.69, 9.17) is 15.2 Å². The Bertz CT molecular complexity index is 609. The number of rotatable bonds is 15. The molecule has 6 nitrogen and oxygen atoms in total. The van der Waals surface area contributed by atoms with Crippen LogP contribution in [0, 0.1) is 22.7 Å². The lowest BCUT2D eigenvalue weighted by Gasteiger charge is -2.48. The molecule has 1 rings (SSSR count). The predicted octanol–water partition coefficient (Wildman–Crippen LogP) is 6.60. The Kier molecular flexibility index (Phi) is 13.5. The second-order valence-corrected chi connectivity index (χ2v) is 11.8. The van der Waals surface area contributed by atoms with E-state index in [0.717, 1.165) is 64.2 Å². The van der Waals surface area contributed by atoms with E-state index in [1.807, 2.05) is 0 Å². The van der Waals surface area contributed by atoms with E-state index >= 15 is 0 Å². The minimum atomic E-state index is -0.713. The molecule has 1 fully saturated rings. The molecule has 0 aromatic heterocycles. The first-order valence-electron chi connectivity index (χ1n) is 13.9. The molecule has 0 spiro atoms. The van der Waals surface area contributed by atoms with Gasteiger partial charge in [0.25, 0.3) is 0 Å². The summed E-state index contributed by atoms with van der Waals surface area (Å²) in [5.41, 5.74) is 6.01. The summed E-state index contributed by atoms with van der Waals surface area (Å²) in [5, 5.41) is 3.07. The van der Waals surface area contributed by atoms with Crippen molar-refractivity contribution in [2.75, 3.05) is 13.2 Å². The zero-order valence-electron chi connectivity index (χ0n) is 23.2. The van der Waals surface area contributed by atoms with Crippen molar-refractivity contribution in [1.82, 2.24) is 5.32 Å². The SMILES string of the molecule is CCCCC(CC)COC(=O)NC1CC(C)(C)CC(C)(C(N)C(=O)OCC(CC)CCCC)C1. The van der Waals surface area contributed by atoms with E-state index in [2.05, 4.69) is 53.8 Å². The monoisotopic (exact) mass is 482 g/mol. The van der Waals surface area contributed by atoms with Crippen molar-refractivity contribution in [3.63, 3.8) is 0 Å². The molecule has 0 radical (unpaired) electrons. The van der Waals surface area contributed by atoms with Crippen molar-refractivity contribution < 1.29 is 19.1 Å². The van der Waals surface area contributed by atoms with E-state index < -0.39 is 11.5 Å². The maximum Gasteiger partial charge on any atom is 0.407 e. The smallest absolute Gasteiger partial charge is 0.407 e. The molecule has 1 aliphatic rings. The first-order valence-corrected chi connectivity index (χ1v) is 13.9. The van der Waals surface area contributed by atoms with Gasteiger partial charge in [0.05, 0.1) is 13.2 Å². The van der Waals surface area contributed by atoms with Crippen molar-refractivity contribution in [3.8, 4) is 0 Å². The highest BCUT2D eigenvalue weighted by molar-refractivity contribution is 5.76. The number of amides is 1. The summed E-state index contributed by atoms with van der Waals surface area (Å²) >= 11 is 0. The van der Waals surface area contributed by atoms with Crippen LogP contribution in [0.15, 0.2) is 0 Å². The highest BCUT2D eigenvalue weighted by atomic mass is 16.5. The van der Waals surface area contributed by atoms with Crippen molar-refractivity contribution in [3.05, 3.63) is 0 Å². The third-order valence-corrected chi connectivity index (χ3v) is 7.72. The second kappa shape index (κ2) is 15.0. The van der Waals surface area contributed by atoms with Crippen LogP contribution in [0.5, 0.6) is 0 Å². The van der Waals surface area contributed by atoms with Gasteiger partial charge in [0.2, 0.25) is 0 Å². The number of esters is 1. The van der Waals surface area contributed by atoms with Gasteiger partial charge in [-0.05, 0) is 54.8 Å². The average Bonchev–Trinajstić information content (AvgIpc) is 2.77. The third-order valence-electron chi connectivity index (χ3n) is 7.72. The Morgan fingerprint density at radius 1 is 0.912 bits per heavy atom. The molecule has 200 valence electrons. The highest BCUT2D eigenvalue weighted by Gasteiger charge is 2.47. The molecule has 34 heavy (non-hydrogen) atoms.